The molecule has 1 aliphatic rings. The molecule has 0 unspecified atom stereocenters. The molecule has 14 heteroatoms. The maximum absolute atomic E-state index is 13.6. The van der Waals surface area contributed by atoms with E-state index in [2.05, 4.69) is 0 Å². The van der Waals surface area contributed by atoms with E-state index in [1.165, 1.54) is 24.5 Å². The number of hydrogen-bond donors (Lipinski definition) is 0. The van der Waals surface area contributed by atoms with Crippen molar-refractivity contribution in [1.29, 1.82) is 0 Å². The molecule has 7 aromatic rings. The molecule has 0 aromatic heterocycles. The monoisotopic (exact) mass is 984 g/mol. The van der Waals surface area contributed by atoms with E-state index >= 15 is 0 Å². The molecule has 14 nitrogen and oxygen atoms in total. The Morgan fingerprint density at radius 1 is 0.311 bits per heavy atom. The fraction of sp³-hybridized carbons (Fsp3) is 0.117. The number of amides is 6. The van der Waals surface area contributed by atoms with Gasteiger partial charge in [0.05, 0.1) is 11.5 Å². The highest BCUT2D eigenvalue weighted by Gasteiger charge is 2.23. The minimum absolute atomic E-state index is 0.0688. The number of rotatable bonds is 14. The average Bonchev–Trinajstić information content (AvgIpc) is 4.01. The number of esters is 1. The predicted octanol–water partition coefficient (Wildman–Crippen LogP) is 9.99. The summed E-state index contributed by atoms with van der Waals surface area (Å²) in [5.74, 6) is -1.93. The van der Waals surface area contributed by atoms with E-state index in [0.29, 0.717) is 73.3 Å². The summed E-state index contributed by atoms with van der Waals surface area (Å²) in [6.07, 6.45) is 7.34. The van der Waals surface area contributed by atoms with Gasteiger partial charge in [-0.1, -0.05) is 42.5 Å². The lowest BCUT2D eigenvalue weighted by atomic mass is 10.1. The summed E-state index contributed by atoms with van der Waals surface area (Å²) >= 11 is 0. The van der Waals surface area contributed by atoms with Crippen LogP contribution in [0, 0.1) is 5.92 Å². The van der Waals surface area contributed by atoms with Crippen molar-refractivity contribution in [2.75, 3.05) is 71.7 Å². The molecular weight excluding hydrogens is 933 g/mol. The number of ether oxygens (including phenoxy) is 1. The molecule has 0 radical (unpaired) electrons. The second-order valence-corrected chi connectivity index (χ2v) is 17.5. The number of carbonyl (C=O) groups excluding carboxylic acids is 7. The summed E-state index contributed by atoms with van der Waals surface area (Å²) in [4.78, 5) is 102. The van der Waals surface area contributed by atoms with Crippen LogP contribution >= 0.6 is 0 Å². The molecule has 0 spiro atoms. The van der Waals surface area contributed by atoms with Crippen LogP contribution in [0.4, 0.5) is 34.1 Å². The Balaban J connectivity index is 0.817. The molecule has 0 bridgehead atoms. The van der Waals surface area contributed by atoms with Crippen LogP contribution < -0.4 is 34.1 Å². The molecule has 7 aromatic carbocycles. The van der Waals surface area contributed by atoms with Gasteiger partial charge in [0.25, 0.3) is 29.5 Å². The van der Waals surface area contributed by atoms with E-state index in [1.807, 2.05) is 30.4 Å². The first-order valence-electron chi connectivity index (χ1n) is 23.5. The Morgan fingerprint density at radius 3 is 0.851 bits per heavy atom. The Kier molecular flexibility index (Phi) is 15.2. The highest BCUT2D eigenvalue weighted by Crippen LogP contribution is 2.27. The Labute approximate surface area is 429 Å². The molecule has 1 aliphatic carbocycles. The van der Waals surface area contributed by atoms with Crippen molar-refractivity contribution >= 4 is 75.5 Å². The second kappa shape index (κ2) is 22.2. The third-order valence-corrected chi connectivity index (χ3v) is 12.8. The standard InChI is InChI=1S/C60H52N6O8/c1-61(54(67)40-12-10-11-13-40)47-26-16-41(17-27-47)55(68)62(2)48-28-18-42(19-29-48)56(69)63(3)49-30-20-43(21-31-49)57(70)64(4)50-32-22-44(23-33-50)58(71)65(5)51-34-24-45(25-35-51)59(72)66(6)52-36-38-53(39-37-52)74-60(73)46-14-8-7-9-15-46/h7-40H,1-6H3. The topological polar surface area (TPSA) is 148 Å². The Hall–Kier alpha value is -9.69. The first-order chi connectivity index (χ1) is 35.6. The van der Waals surface area contributed by atoms with Crippen LogP contribution in [0.15, 0.2) is 200 Å². The zero-order valence-electron chi connectivity index (χ0n) is 41.6. The normalized spacial score (nSPS) is 11.6. The quantitative estimate of drug-likeness (QED) is 0.0773. The molecule has 0 aliphatic heterocycles. The molecule has 0 fully saturated rings. The van der Waals surface area contributed by atoms with Crippen LogP contribution in [-0.4, -0.2) is 83.7 Å². The highest BCUT2D eigenvalue weighted by atomic mass is 16.5. The molecule has 370 valence electrons. The predicted molar refractivity (Wildman–Crippen MR) is 289 cm³/mol. The number of benzene rings is 7. The van der Waals surface area contributed by atoms with E-state index < -0.39 is 5.97 Å². The Morgan fingerprint density at radius 2 is 0.568 bits per heavy atom. The van der Waals surface area contributed by atoms with Crippen LogP contribution in [0.3, 0.4) is 0 Å². The van der Waals surface area contributed by atoms with Gasteiger partial charge in [0.2, 0.25) is 5.91 Å². The van der Waals surface area contributed by atoms with Crippen molar-refractivity contribution in [2.45, 2.75) is 0 Å². The van der Waals surface area contributed by atoms with Crippen LogP contribution in [0.5, 0.6) is 5.75 Å². The fourth-order valence-corrected chi connectivity index (χ4v) is 8.12. The summed E-state index contributed by atoms with van der Waals surface area (Å²) < 4.78 is 5.45. The molecule has 0 saturated carbocycles. The first kappa shape index (κ1) is 50.7. The molecule has 0 saturated heterocycles. The van der Waals surface area contributed by atoms with Crippen LogP contribution in [0.25, 0.3) is 0 Å². The van der Waals surface area contributed by atoms with Gasteiger partial charge in [-0.3, -0.25) is 28.8 Å². The smallest absolute Gasteiger partial charge is 0.343 e. The fourth-order valence-electron chi connectivity index (χ4n) is 8.12. The van der Waals surface area contributed by atoms with E-state index in [1.54, 1.807) is 217 Å². The molecule has 0 atom stereocenters. The summed E-state index contributed by atoms with van der Waals surface area (Å²) in [5.41, 5.74) is 5.97. The number of anilines is 6. The average molecular weight is 985 g/mol. The van der Waals surface area contributed by atoms with Gasteiger partial charge in [-0.15, -0.1) is 0 Å². The molecule has 74 heavy (non-hydrogen) atoms. The van der Waals surface area contributed by atoms with Crippen LogP contribution in [-0.2, 0) is 4.79 Å². The summed E-state index contributed by atoms with van der Waals surface area (Å²) in [7, 11) is 9.90. The van der Waals surface area contributed by atoms with Crippen molar-refractivity contribution in [3.63, 3.8) is 0 Å². The number of allylic oxidation sites excluding steroid dienone is 2. The Bertz CT molecular complexity index is 3270. The lowest BCUT2D eigenvalue weighted by molar-refractivity contribution is -0.119. The molecule has 6 amide bonds. The number of carbonyl (C=O) groups is 7. The van der Waals surface area contributed by atoms with Crippen molar-refractivity contribution in [1.82, 2.24) is 0 Å². The van der Waals surface area contributed by atoms with Gasteiger partial charge >= 0.3 is 5.97 Å². The van der Waals surface area contributed by atoms with E-state index in [9.17, 15) is 33.6 Å². The van der Waals surface area contributed by atoms with Gasteiger partial charge < -0.3 is 34.1 Å². The van der Waals surface area contributed by atoms with Crippen molar-refractivity contribution in [2.24, 2.45) is 5.92 Å². The van der Waals surface area contributed by atoms with Crippen molar-refractivity contribution in [3.8, 4) is 5.75 Å². The van der Waals surface area contributed by atoms with E-state index in [-0.39, 0.29) is 41.4 Å². The van der Waals surface area contributed by atoms with Crippen molar-refractivity contribution in [3.05, 3.63) is 234 Å². The summed E-state index contributed by atoms with van der Waals surface area (Å²) in [6, 6.07) is 48.8. The molecule has 0 heterocycles. The highest BCUT2D eigenvalue weighted by molar-refractivity contribution is 6.11. The summed E-state index contributed by atoms with van der Waals surface area (Å²) in [5, 5.41) is 0. The lowest BCUT2D eigenvalue weighted by Gasteiger charge is -2.22. The molecular formula is C60H52N6O8. The van der Waals surface area contributed by atoms with Crippen LogP contribution in [0.1, 0.15) is 62.1 Å². The second-order valence-electron chi connectivity index (χ2n) is 17.5. The summed E-state index contributed by atoms with van der Waals surface area (Å²) in [6.45, 7) is 0. The SMILES string of the molecule is CN(C(=O)c1ccc(N(C)C(=O)c2ccc(N(C)C(=O)c3ccc(N(C)C(=O)c4ccc(N(C)C(=O)c5ccc(N(C)C(=O)C6C=CC=C6)cc5)cc4)cc3)cc2)cc1)c1ccc(OC(=O)c2ccccc2)cc1. The largest absolute Gasteiger partial charge is 0.423 e. The molecule has 0 N–H and O–H groups in total. The lowest BCUT2D eigenvalue weighted by Crippen LogP contribution is -2.31. The van der Waals surface area contributed by atoms with Gasteiger partial charge in [0, 0.05) is 104 Å². The molecule has 8 rings (SSSR count). The third kappa shape index (κ3) is 11.1. The van der Waals surface area contributed by atoms with E-state index in [4.69, 9.17) is 4.74 Å². The minimum Gasteiger partial charge on any atom is -0.423 e. The maximum atomic E-state index is 13.6. The van der Waals surface area contributed by atoms with Crippen molar-refractivity contribution < 1.29 is 38.3 Å². The minimum atomic E-state index is -0.482. The van der Waals surface area contributed by atoms with Gasteiger partial charge in [-0.2, -0.15) is 0 Å². The number of hydrogen-bond acceptors (Lipinski definition) is 8. The van der Waals surface area contributed by atoms with E-state index in [0.717, 1.165) is 0 Å². The van der Waals surface area contributed by atoms with Gasteiger partial charge in [0.1, 0.15) is 5.75 Å². The third-order valence-electron chi connectivity index (χ3n) is 12.8. The van der Waals surface area contributed by atoms with Gasteiger partial charge in [0.15, 0.2) is 0 Å². The zero-order valence-corrected chi connectivity index (χ0v) is 41.6. The number of nitrogens with zero attached hydrogens (tertiary/aromatic N) is 6. The zero-order chi connectivity index (χ0) is 52.6. The van der Waals surface area contributed by atoms with Gasteiger partial charge in [-0.25, -0.2) is 4.79 Å². The van der Waals surface area contributed by atoms with Gasteiger partial charge in [-0.05, 0) is 158 Å². The first-order valence-corrected chi connectivity index (χ1v) is 23.5. The maximum Gasteiger partial charge on any atom is 0.343 e. The van der Waals surface area contributed by atoms with Crippen LogP contribution in [0.2, 0.25) is 0 Å².